The number of allylic oxidation sites excluding steroid dienone is 2. The maximum atomic E-state index is 12.1. The fourth-order valence-electron chi connectivity index (χ4n) is 2.25. The highest BCUT2D eigenvalue weighted by atomic mass is 16.7. The number of esters is 1. The minimum Gasteiger partial charge on any atom is -0.434 e. The number of ether oxygens (including phenoxy) is 1. The van der Waals surface area contributed by atoms with Gasteiger partial charge in [0.1, 0.15) is 5.82 Å². The molecule has 1 N–H and O–H groups in total. The zero-order chi connectivity index (χ0) is 17.5. The topological polar surface area (TPSA) is 82.4 Å². The summed E-state index contributed by atoms with van der Waals surface area (Å²) in [7, 11) is 0. The second-order valence-corrected chi connectivity index (χ2v) is 5.71. The molecule has 0 unspecified atom stereocenters. The summed E-state index contributed by atoms with van der Waals surface area (Å²) in [5.41, 5.74) is 0. The molecule has 0 aromatic carbocycles. The molecule has 0 aromatic rings. The number of aliphatic imine (C=N–C) groups is 1. The van der Waals surface area contributed by atoms with Crippen molar-refractivity contribution in [1.29, 1.82) is 0 Å². The van der Waals surface area contributed by atoms with Gasteiger partial charge in [-0.15, -0.1) is 0 Å². The summed E-state index contributed by atoms with van der Waals surface area (Å²) >= 11 is 0. The summed E-state index contributed by atoms with van der Waals surface area (Å²) in [4.78, 5) is 31.3. The number of hydrogen-bond donors (Lipinski definition) is 1. The Morgan fingerprint density at radius 3 is 2.26 bits per heavy atom. The Labute approximate surface area is 136 Å². The lowest BCUT2D eigenvalue weighted by molar-refractivity contribution is -0.195. The average molecular weight is 323 g/mol. The van der Waals surface area contributed by atoms with Gasteiger partial charge in [-0.3, -0.25) is 9.59 Å². The van der Waals surface area contributed by atoms with Crippen molar-refractivity contribution < 1.29 is 19.4 Å². The molecule has 1 heterocycles. The van der Waals surface area contributed by atoms with E-state index in [2.05, 4.69) is 18.3 Å². The highest BCUT2D eigenvalue weighted by Crippen LogP contribution is 2.13. The molecule has 0 saturated carbocycles. The molecule has 7 nitrogen and oxygen atoms in total. The van der Waals surface area contributed by atoms with Crippen molar-refractivity contribution in [3.05, 3.63) is 24.6 Å². The Morgan fingerprint density at radius 2 is 1.78 bits per heavy atom. The molecule has 0 spiro atoms. The number of carbonyl (C=O) groups excluding carboxylic acids is 2. The zero-order valence-corrected chi connectivity index (χ0v) is 13.8. The van der Waals surface area contributed by atoms with Crippen LogP contribution >= 0.6 is 0 Å². The van der Waals surface area contributed by atoms with Gasteiger partial charge in [0.15, 0.2) is 0 Å². The van der Waals surface area contributed by atoms with Gasteiger partial charge in [0, 0.05) is 46.4 Å². The quantitative estimate of drug-likeness (QED) is 0.326. The molecule has 0 atom stereocenters. The highest BCUT2D eigenvalue weighted by Gasteiger charge is 2.24. The van der Waals surface area contributed by atoms with Gasteiger partial charge < -0.3 is 19.6 Å². The third-order valence-electron chi connectivity index (χ3n) is 3.29. The van der Waals surface area contributed by atoms with E-state index in [1.165, 1.54) is 13.8 Å². The zero-order valence-electron chi connectivity index (χ0n) is 13.8. The van der Waals surface area contributed by atoms with Gasteiger partial charge >= 0.3 is 5.97 Å². The maximum absolute atomic E-state index is 12.1. The molecule has 1 rings (SSSR count). The van der Waals surface area contributed by atoms with Gasteiger partial charge in [0.05, 0.1) is 6.42 Å². The van der Waals surface area contributed by atoms with Gasteiger partial charge in [-0.2, -0.15) is 0 Å². The first kappa shape index (κ1) is 18.9. The third kappa shape index (κ3) is 6.65. The van der Waals surface area contributed by atoms with Crippen molar-refractivity contribution in [2.24, 2.45) is 4.99 Å². The molecule has 0 radical (unpaired) electrons. The number of rotatable bonds is 7. The van der Waals surface area contributed by atoms with E-state index in [0.29, 0.717) is 26.2 Å². The van der Waals surface area contributed by atoms with Crippen LogP contribution in [0.4, 0.5) is 0 Å². The number of piperazine rings is 1. The molecule has 1 aliphatic heterocycles. The fraction of sp³-hybridized carbons (Fsp3) is 0.562. The molecular formula is C16H25N3O4. The van der Waals surface area contributed by atoms with Crippen LogP contribution < -0.4 is 0 Å². The van der Waals surface area contributed by atoms with Gasteiger partial charge in [-0.05, 0) is 12.8 Å². The smallest absolute Gasteiger partial charge is 0.308 e. The van der Waals surface area contributed by atoms with Crippen LogP contribution in [-0.2, 0) is 14.3 Å². The highest BCUT2D eigenvalue weighted by molar-refractivity contribution is 5.81. The average Bonchev–Trinajstić information content (AvgIpc) is 2.49. The van der Waals surface area contributed by atoms with Crippen LogP contribution in [0.2, 0.25) is 0 Å². The van der Waals surface area contributed by atoms with Crippen molar-refractivity contribution in [2.75, 3.05) is 26.2 Å². The van der Waals surface area contributed by atoms with Crippen LogP contribution in [0.25, 0.3) is 0 Å². The molecule has 128 valence electrons. The molecule has 1 fully saturated rings. The van der Waals surface area contributed by atoms with Gasteiger partial charge in [-0.25, -0.2) is 4.99 Å². The molecule has 7 heteroatoms. The molecule has 1 amide bonds. The van der Waals surface area contributed by atoms with Crippen molar-refractivity contribution in [3.63, 3.8) is 0 Å². The van der Waals surface area contributed by atoms with E-state index in [4.69, 9.17) is 4.74 Å². The largest absolute Gasteiger partial charge is 0.434 e. The van der Waals surface area contributed by atoms with Crippen LogP contribution in [-0.4, -0.2) is 65.5 Å². The first-order valence-electron chi connectivity index (χ1n) is 7.53. The second kappa shape index (κ2) is 8.47. The van der Waals surface area contributed by atoms with E-state index in [0.717, 1.165) is 5.82 Å². The number of amides is 1. The first-order valence-corrected chi connectivity index (χ1v) is 7.53. The Balaban J connectivity index is 2.41. The standard InChI is InChI=1S/C16H25N3O4/c1-5-6-13(17-4)18-9-11-19(12-10-18)14(20)7-8-15(21)23-16(2,3)22/h5-6,22H,1,4,7-12H2,2-3H3/b13-6+. The molecular weight excluding hydrogens is 298 g/mol. The Morgan fingerprint density at radius 1 is 1.22 bits per heavy atom. The van der Waals surface area contributed by atoms with Crippen LogP contribution in [0.5, 0.6) is 0 Å². The summed E-state index contributed by atoms with van der Waals surface area (Å²) in [6.07, 6.45) is 3.45. The second-order valence-electron chi connectivity index (χ2n) is 5.71. The summed E-state index contributed by atoms with van der Waals surface area (Å²) in [6.45, 7) is 12.3. The fourth-order valence-corrected chi connectivity index (χ4v) is 2.25. The van der Waals surface area contributed by atoms with E-state index < -0.39 is 11.8 Å². The van der Waals surface area contributed by atoms with Crippen LogP contribution in [0.15, 0.2) is 29.5 Å². The SMILES string of the molecule is C=C/C=C(\N=C)N1CCN(C(=O)CCC(=O)OC(C)(C)O)CC1. The number of aliphatic hydroxyl groups is 1. The number of hydrogen-bond acceptors (Lipinski definition) is 6. The molecule has 0 aliphatic carbocycles. The monoisotopic (exact) mass is 323 g/mol. The normalized spacial score (nSPS) is 16.0. The van der Waals surface area contributed by atoms with Crippen molar-refractivity contribution in [1.82, 2.24) is 9.80 Å². The Kier molecular flexibility index (Phi) is 6.96. The maximum Gasteiger partial charge on any atom is 0.308 e. The Bertz CT molecular complexity index is 486. The summed E-state index contributed by atoms with van der Waals surface area (Å²) in [6, 6.07) is 0. The molecule has 0 aromatic heterocycles. The first-order chi connectivity index (χ1) is 10.8. The van der Waals surface area contributed by atoms with E-state index in [9.17, 15) is 14.7 Å². The van der Waals surface area contributed by atoms with Crippen LogP contribution in [0.1, 0.15) is 26.7 Å². The lowest BCUT2D eigenvalue weighted by Crippen LogP contribution is -2.48. The van der Waals surface area contributed by atoms with Gasteiger partial charge in [0.25, 0.3) is 0 Å². The van der Waals surface area contributed by atoms with Crippen LogP contribution in [0.3, 0.4) is 0 Å². The predicted octanol–water partition coefficient (Wildman–Crippen LogP) is 0.910. The predicted molar refractivity (Wildman–Crippen MR) is 87.6 cm³/mol. The number of nitrogens with zero attached hydrogens (tertiary/aromatic N) is 3. The molecule has 1 saturated heterocycles. The molecule has 23 heavy (non-hydrogen) atoms. The van der Waals surface area contributed by atoms with Gasteiger partial charge in [-0.1, -0.05) is 12.7 Å². The van der Waals surface area contributed by atoms with E-state index in [1.54, 1.807) is 17.1 Å². The Hall–Kier alpha value is -2.15. The summed E-state index contributed by atoms with van der Waals surface area (Å²) in [5.74, 6) is -1.47. The van der Waals surface area contributed by atoms with Crippen LogP contribution in [0, 0.1) is 0 Å². The lowest BCUT2D eigenvalue weighted by Gasteiger charge is -2.36. The third-order valence-corrected chi connectivity index (χ3v) is 3.29. The van der Waals surface area contributed by atoms with Crippen molar-refractivity contribution in [3.8, 4) is 0 Å². The minimum absolute atomic E-state index is 0.0428. The van der Waals surface area contributed by atoms with Gasteiger partial charge in [0.2, 0.25) is 11.7 Å². The summed E-state index contributed by atoms with van der Waals surface area (Å²) < 4.78 is 4.77. The minimum atomic E-state index is -1.52. The van der Waals surface area contributed by atoms with E-state index in [1.807, 2.05) is 4.90 Å². The summed E-state index contributed by atoms with van der Waals surface area (Å²) in [5, 5.41) is 9.38. The molecule has 1 aliphatic rings. The van der Waals surface area contributed by atoms with E-state index >= 15 is 0 Å². The molecule has 0 bridgehead atoms. The lowest BCUT2D eigenvalue weighted by atomic mass is 10.2. The van der Waals surface area contributed by atoms with E-state index in [-0.39, 0.29) is 18.7 Å². The van der Waals surface area contributed by atoms with Crippen molar-refractivity contribution >= 4 is 18.6 Å². The van der Waals surface area contributed by atoms with Crippen molar-refractivity contribution in [2.45, 2.75) is 32.5 Å². The number of carbonyl (C=O) groups is 2.